The van der Waals surface area contributed by atoms with E-state index in [4.69, 9.17) is 4.42 Å². The summed E-state index contributed by atoms with van der Waals surface area (Å²) in [7, 11) is 0. The molecule has 1 unspecified atom stereocenters. The van der Waals surface area contributed by atoms with E-state index >= 15 is 0 Å². The average molecular weight is 297 g/mol. The number of benzene rings is 2. The van der Waals surface area contributed by atoms with E-state index < -0.39 is 0 Å². The molecule has 1 atom stereocenters. The van der Waals surface area contributed by atoms with Crippen molar-refractivity contribution >= 4 is 27.6 Å². The summed E-state index contributed by atoms with van der Waals surface area (Å²) >= 11 is 0. The molecule has 1 N–H and O–H groups in total. The predicted molar refractivity (Wildman–Crippen MR) is 92.8 cm³/mol. The number of aliphatic hydroxyl groups is 1. The number of furan rings is 1. The molecule has 3 rings (SSSR count). The average Bonchev–Trinajstić information content (AvgIpc) is 2.92. The van der Waals surface area contributed by atoms with Gasteiger partial charge in [-0.25, -0.2) is 0 Å². The second-order valence-corrected chi connectivity index (χ2v) is 5.79. The van der Waals surface area contributed by atoms with Gasteiger partial charge < -0.3 is 14.4 Å². The molecule has 0 amide bonds. The summed E-state index contributed by atoms with van der Waals surface area (Å²) in [5, 5.41) is 11.6. The summed E-state index contributed by atoms with van der Waals surface area (Å²) in [5.41, 5.74) is 4.19. The van der Waals surface area contributed by atoms with Gasteiger partial charge in [0.2, 0.25) is 0 Å². The third-order valence-corrected chi connectivity index (χ3v) is 4.45. The largest absolute Gasteiger partial charge is 0.456 e. The monoisotopic (exact) mass is 297 g/mol. The van der Waals surface area contributed by atoms with Crippen LogP contribution in [-0.2, 0) is 0 Å². The number of rotatable bonds is 5. The van der Waals surface area contributed by atoms with Crippen molar-refractivity contribution in [3.8, 4) is 0 Å². The van der Waals surface area contributed by atoms with Crippen molar-refractivity contribution in [3.63, 3.8) is 0 Å². The van der Waals surface area contributed by atoms with Crippen LogP contribution in [-0.4, -0.2) is 24.8 Å². The second kappa shape index (κ2) is 6.01. The molecular formula is C19H23NO2. The molecule has 2 aromatic carbocycles. The highest BCUT2D eigenvalue weighted by molar-refractivity contribution is 6.06. The maximum Gasteiger partial charge on any atom is 0.135 e. The first-order valence-electron chi connectivity index (χ1n) is 8.00. The number of nitrogens with zero attached hydrogens (tertiary/aromatic N) is 1. The molecule has 1 heterocycles. The van der Waals surface area contributed by atoms with E-state index in [9.17, 15) is 5.11 Å². The third-order valence-electron chi connectivity index (χ3n) is 4.45. The van der Waals surface area contributed by atoms with E-state index in [0.29, 0.717) is 0 Å². The Balaban J connectivity index is 2.18. The van der Waals surface area contributed by atoms with Gasteiger partial charge in [-0.1, -0.05) is 13.0 Å². The van der Waals surface area contributed by atoms with Crippen molar-refractivity contribution in [2.24, 2.45) is 0 Å². The van der Waals surface area contributed by atoms with E-state index in [1.165, 1.54) is 5.69 Å². The van der Waals surface area contributed by atoms with Crippen LogP contribution >= 0.6 is 0 Å². The Labute approximate surface area is 131 Å². The number of fused-ring (bicyclic) bond motifs is 3. The van der Waals surface area contributed by atoms with Crippen LogP contribution in [0.15, 0.2) is 40.8 Å². The summed E-state index contributed by atoms with van der Waals surface area (Å²) < 4.78 is 5.94. The first-order valence-corrected chi connectivity index (χ1v) is 8.00. The van der Waals surface area contributed by atoms with Crippen LogP contribution in [0.2, 0.25) is 0 Å². The summed E-state index contributed by atoms with van der Waals surface area (Å²) in [6.45, 7) is 8.51. The summed E-state index contributed by atoms with van der Waals surface area (Å²) in [6.07, 6.45) is 0. The van der Waals surface area contributed by atoms with Gasteiger partial charge >= 0.3 is 0 Å². The lowest BCUT2D eigenvalue weighted by atomic mass is 9.99. The van der Waals surface area contributed by atoms with Gasteiger partial charge in [-0.05, 0) is 49.7 Å². The van der Waals surface area contributed by atoms with Crippen molar-refractivity contribution in [1.29, 1.82) is 0 Å². The maximum atomic E-state index is 9.37. The maximum absolute atomic E-state index is 9.37. The molecule has 0 bridgehead atoms. The fourth-order valence-corrected chi connectivity index (χ4v) is 2.98. The van der Waals surface area contributed by atoms with Crippen LogP contribution in [0.5, 0.6) is 0 Å². The Hall–Kier alpha value is -2.00. The molecule has 0 aliphatic heterocycles. The zero-order valence-corrected chi connectivity index (χ0v) is 13.5. The molecule has 0 spiro atoms. The Morgan fingerprint density at radius 3 is 2.27 bits per heavy atom. The minimum Gasteiger partial charge on any atom is -0.456 e. The number of hydrogen-bond acceptors (Lipinski definition) is 3. The molecule has 22 heavy (non-hydrogen) atoms. The number of aliphatic hydroxyl groups excluding tert-OH is 1. The Morgan fingerprint density at radius 2 is 1.64 bits per heavy atom. The van der Waals surface area contributed by atoms with Gasteiger partial charge in [-0.2, -0.15) is 0 Å². The van der Waals surface area contributed by atoms with Crippen molar-refractivity contribution in [1.82, 2.24) is 0 Å². The first kappa shape index (κ1) is 14.9. The van der Waals surface area contributed by atoms with Crippen LogP contribution in [0.1, 0.15) is 32.3 Å². The normalized spacial score (nSPS) is 12.9. The molecule has 116 valence electrons. The van der Waals surface area contributed by atoms with Gasteiger partial charge in [-0.15, -0.1) is 0 Å². The molecule has 0 aliphatic rings. The molecule has 0 saturated heterocycles. The summed E-state index contributed by atoms with van der Waals surface area (Å²) in [5.74, 6) is 0.139. The van der Waals surface area contributed by atoms with Gasteiger partial charge in [0, 0.05) is 42.1 Å². The predicted octanol–water partition coefficient (Wildman–Crippen LogP) is 4.53. The van der Waals surface area contributed by atoms with Gasteiger partial charge in [0.05, 0.1) is 0 Å². The molecule has 0 saturated carbocycles. The van der Waals surface area contributed by atoms with Crippen molar-refractivity contribution in [2.45, 2.75) is 26.7 Å². The fraction of sp³-hybridized carbons (Fsp3) is 0.368. The summed E-state index contributed by atoms with van der Waals surface area (Å²) in [4.78, 5) is 2.33. The lowest BCUT2D eigenvalue weighted by Gasteiger charge is -2.20. The highest BCUT2D eigenvalue weighted by atomic mass is 16.3. The SMILES string of the molecule is CCN(CC)c1ccc2oc3ccc(C(C)CO)cc3c2c1. The van der Waals surface area contributed by atoms with Crippen LogP contribution < -0.4 is 4.90 Å². The highest BCUT2D eigenvalue weighted by Gasteiger charge is 2.12. The molecule has 1 aromatic heterocycles. The topological polar surface area (TPSA) is 36.6 Å². The van der Waals surface area contributed by atoms with E-state index in [-0.39, 0.29) is 12.5 Å². The number of anilines is 1. The Kier molecular flexibility index (Phi) is 4.08. The van der Waals surface area contributed by atoms with Gasteiger partial charge in [0.1, 0.15) is 11.2 Å². The fourth-order valence-electron chi connectivity index (χ4n) is 2.98. The van der Waals surface area contributed by atoms with Crippen LogP contribution in [0, 0.1) is 0 Å². The first-order chi connectivity index (χ1) is 10.7. The molecule has 0 fully saturated rings. The smallest absolute Gasteiger partial charge is 0.135 e. The van der Waals surface area contributed by atoms with Gasteiger partial charge in [0.25, 0.3) is 0 Å². The van der Waals surface area contributed by atoms with Gasteiger partial charge in [-0.3, -0.25) is 0 Å². The van der Waals surface area contributed by atoms with E-state index in [1.807, 2.05) is 19.1 Å². The molecule has 3 aromatic rings. The standard InChI is InChI=1S/C19H23NO2/c1-4-20(5-2)15-7-9-19-17(11-15)16-10-14(13(3)12-21)6-8-18(16)22-19/h6-11,13,21H,4-5,12H2,1-3H3. The van der Waals surface area contributed by atoms with Crippen LogP contribution in [0.25, 0.3) is 21.9 Å². The quantitative estimate of drug-likeness (QED) is 0.751. The molecule has 0 aliphatic carbocycles. The lowest BCUT2D eigenvalue weighted by molar-refractivity contribution is 0.273. The van der Waals surface area contributed by atoms with Crippen molar-refractivity contribution in [2.75, 3.05) is 24.6 Å². The van der Waals surface area contributed by atoms with Crippen molar-refractivity contribution in [3.05, 3.63) is 42.0 Å². The second-order valence-electron chi connectivity index (χ2n) is 5.79. The summed E-state index contributed by atoms with van der Waals surface area (Å²) in [6, 6.07) is 12.6. The van der Waals surface area contributed by atoms with Crippen molar-refractivity contribution < 1.29 is 9.52 Å². The Morgan fingerprint density at radius 1 is 1.00 bits per heavy atom. The number of hydrogen-bond donors (Lipinski definition) is 1. The molecule has 3 nitrogen and oxygen atoms in total. The highest BCUT2D eigenvalue weighted by Crippen LogP contribution is 2.33. The van der Waals surface area contributed by atoms with Gasteiger partial charge in [0.15, 0.2) is 0 Å². The zero-order valence-electron chi connectivity index (χ0n) is 13.5. The molecular weight excluding hydrogens is 274 g/mol. The zero-order chi connectivity index (χ0) is 15.7. The molecule has 0 radical (unpaired) electrons. The molecule has 3 heteroatoms. The van der Waals surface area contributed by atoms with E-state index in [0.717, 1.165) is 40.6 Å². The van der Waals surface area contributed by atoms with E-state index in [1.54, 1.807) is 0 Å². The minimum atomic E-state index is 0.139. The Bertz CT molecular complexity index is 787. The van der Waals surface area contributed by atoms with Crippen LogP contribution in [0.3, 0.4) is 0 Å². The minimum absolute atomic E-state index is 0.139. The lowest BCUT2D eigenvalue weighted by Crippen LogP contribution is -2.21. The third kappa shape index (κ3) is 2.46. The van der Waals surface area contributed by atoms with E-state index in [2.05, 4.69) is 43.0 Å². The van der Waals surface area contributed by atoms with Crippen LogP contribution in [0.4, 0.5) is 5.69 Å².